The molecular weight excluding hydrogens is 302 g/mol. The average molecular weight is 318 g/mol. The fraction of sp³-hybridized carbons (Fsp3) is 0.188. The van der Waals surface area contributed by atoms with Gasteiger partial charge < -0.3 is 5.32 Å². The van der Waals surface area contributed by atoms with Crippen molar-refractivity contribution in [2.24, 2.45) is 0 Å². The van der Waals surface area contributed by atoms with Crippen molar-refractivity contribution in [2.75, 3.05) is 0 Å². The molecule has 1 amide bonds. The zero-order chi connectivity index (χ0) is 13.5. The quantitative estimate of drug-likeness (QED) is 0.895. The van der Waals surface area contributed by atoms with Gasteiger partial charge in [-0.3, -0.25) is 4.79 Å². The molecular formula is C16H16BrNO. The van der Waals surface area contributed by atoms with Crippen LogP contribution in [0.2, 0.25) is 0 Å². The van der Waals surface area contributed by atoms with Gasteiger partial charge in [0.25, 0.3) is 0 Å². The highest BCUT2D eigenvalue weighted by Crippen LogP contribution is 2.15. The van der Waals surface area contributed by atoms with Crippen LogP contribution >= 0.6 is 15.9 Å². The molecule has 19 heavy (non-hydrogen) atoms. The molecule has 0 aliphatic heterocycles. The second kappa shape index (κ2) is 7.10. The molecule has 0 saturated heterocycles. The van der Waals surface area contributed by atoms with Crippen LogP contribution in [-0.2, 0) is 17.8 Å². The van der Waals surface area contributed by atoms with Crippen molar-refractivity contribution in [2.45, 2.75) is 19.4 Å². The Hall–Kier alpha value is -1.61. The van der Waals surface area contributed by atoms with Crippen LogP contribution in [0, 0.1) is 0 Å². The summed E-state index contributed by atoms with van der Waals surface area (Å²) in [5, 5.41) is 2.94. The van der Waals surface area contributed by atoms with Gasteiger partial charge in [0, 0.05) is 17.4 Å². The third-order valence-electron chi connectivity index (χ3n) is 2.92. The van der Waals surface area contributed by atoms with Gasteiger partial charge in [-0.15, -0.1) is 0 Å². The molecule has 0 radical (unpaired) electrons. The van der Waals surface area contributed by atoms with E-state index in [-0.39, 0.29) is 5.91 Å². The smallest absolute Gasteiger partial charge is 0.220 e. The minimum absolute atomic E-state index is 0.0830. The number of carbonyl (C=O) groups excluding carboxylic acids is 1. The molecule has 3 heteroatoms. The highest BCUT2D eigenvalue weighted by atomic mass is 79.9. The van der Waals surface area contributed by atoms with Gasteiger partial charge in [-0.25, -0.2) is 0 Å². The number of benzene rings is 2. The molecule has 0 atom stereocenters. The minimum Gasteiger partial charge on any atom is -0.352 e. The summed E-state index contributed by atoms with van der Waals surface area (Å²) < 4.78 is 1.03. The molecule has 0 aromatic heterocycles. The van der Waals surface area contributed by atoms with Crippen molar-refractivity contribution in [3.8, 4) is 0 Å². The van der Waals surface area contributed by atoms with Gasteiger partial charge in [-0.2, -0.15) is 0 Å². The summed E-state index contributed by atoms with van der Waals surface area (Å²) in [6.07, 6.45) is 1.30. The number of nitrogens with one attached hydrogen (secondary N) is 1. The van der Waals surface area contributed by atoms with Gasteiger partial charge in [-0.05, 0) is 23.6 Å². The first kappa shape index (κ1) is 13.8. The first-order valence-corrected chi connectivity index (χ1v) is 7.09. The van der Waals surface area contributed by atoms with Crippen LogP contribution in [-0.4, -0.2) is 5.91 Å². The normalized spacial score (nSPS) is 10.2. The standard InChI is InChI=1S/C16H16BrNO/c17-15-9-5-4-8-14(15)12-18-16(19)11-10-13-6-2-1-3-7-13/h1-9H,10-12H2,(H,18,19). The third-order valence-corrected chi connectivity index (χ3v) is 3.69. The fourth-order valence-electron chi connectivity index (χ4n) is 1.83. The Bertz CT molecular complexity index is 539. The van der Waals surface area contributed by atoms with Crippen molar-refractivity contribution >= 4 is 21.8 Å². The molecule has 0 heterocycles. The summed E-state index contributed by atoms with van der Waals surface area (Å²) in [5.41, 5.74) is 2.29. The van der Waals surface area contributed by atoms with E-state index >= 15 is 0 Å². The molecule has 2 aromatic carbocycles. The lowest BCUT2D eigenvalue weighted by Crippen LogP contribution is -2.23. The predicted octanol–water partition coefficient (Wildman–Crippen LogP) is 3.70. The van der Waals surface area contributed by atoms with E-state index in [1.807, 2.05) is 54.6 Å². The number of hydrogen-bond donors (Lipinski definition) is 1. The molecule has 0 aliphatic carbocycles. The lowest BCUT2D eigenvalue weighted by Gasteiger charge is -2.07. The van der Waals surface area contributed by atoms with E-state index in [0.717, 1.165) is 16.5 Å². The van der Waals surface area contributed by atoms with Gasteiger partial charge in [0.2, 0.25) is 5.91 Å². The van der Waals surface area contributed by atoms with Crippen LogP contribution in [0.4, 0.5) is 0 Å². The Kier molecular flexibility index (Phi) is 5.16. The summed E-state index contributed by atoms with van der Waals surface area (Å²) in [6.45, 7) is 0.565. The largest absolute Gasteiger partial charge is 0.352 e. The minimum atomic E-state index is 0.0830. The maximum atomic E-state index is 11.8. The maximum absolute atomic E-state index is 11.8. The first-order valence-electron chi connectivity index (χ1n) is 6.30. The number of carbonyl (C=O) groups is 1. The van der Waals surface area contributed by atoms with E-state index in [0.29, 0.717) is 13.0 Å². The third kappa shape index (κ3) is 4.52. The highest BCUT2D eigenvalue weighted by Gasteiger charge is 2.03. The summed E-state index contributed by atoms with van der Waals surface area (Å²) in [7, 11) is 0. The molecule has 2 aromatic rings. The second-order valence-corrected chi connectivity index (χ2v) is 5.21. The Labute approximate surface area is 122 Å². The SMILES string of the molecule is O=C(CCc1ccccc1)NCc1ccccc1Br. The monoisotopic (exact) mass is 317 g/mol. The Morgan fingerprint density at radius 2 is 1.68 bits per heavy atom. The van der Waals surface area contributed by atoms with Gasteiger partial charge in [0.15, 0.2) is 0 Å². The number of hydrogen-bond acceptors (Lipinski definition) is 1. The molecule has 2 rings (SSSR count). The zero-order valence-corrected chi connectivity index (χ0v) is 12.2. The molecule has 0 aliphatic rings. The number of halogens is 1. The lowest BCUT2D eigenvalue weighted by atomic mass is 10.1. The van der Waals surface area contributed by atoms with Crippen LogP contribution < -0.4 is 5.32 Å². The summed E-state index contributed by atoms with van der Waals surface area (Å²) >= 11 is 3.47. The van der Waals surface area contributed by atoms with Crippen molar-refractivity contribution in [1.29, 1.82) is 0 Å². The van der Waals surface area contributed by atoms with E-state index in [4.69, 9.17) is 0 Å². The van der Waals surface area contributed by atoms with Crippen LogP contribution in [0.15, 0.2) is 59.1 Å². The van der Waals surface area contributed by atoms with Gasteiger partial charge in [0.05, 0.1) is 0 Å². The van der Waals surface area contributed by atoms with E-state index in [1.165, 1.54) is 5.56 Å². The second-order valence-electron chi connectivity index (χ2n) is 4.35. The van der Waals surface area contributed by atoms with E-state index in [9.17, 15) is 4.79 Å². The molecule has 98 valence electrons. The van der Waals surface area contributed by atoms with Crippen LogP contribution in [0.25, 0.3) is 0 Å². The number of aryl methyl sites for hydroxylation is 1. The van der Waals surface area contributed by atoms with Crippen molar-refractivity contribution in [3.63, 3.8) is 0 Å². The Morgan fingerprint density at radius 3 is 2.42 bits per heavy atom. The Balaban J connectivity index is 1.78. The van der Waals surface area contributed by atoms with Gasteiger partial charge in [0.1, 0.15) is 0 Å². The molecule has 0 saturated carbocycles. The van der Waals surface area contributed by atoms with Crippen LogP contribution in [0.1, 0.15) is 17.5 Å². The van der Waals surface area contributed by atoms with E-state index in [2.05, 4.69) is 21.2 Å². The average Bonchev–Trinajstić information content (AvgIpc) is 2.45. The topological polar surface area (TPSA) is 29.1 Å². The van der Waals surface area contributed by atoms with Crippen LogP contribution in [0.3, 0.4) is 0 Å². The fourth-order valence-corrected chi connectivity index (χ4v) is 2.25. The van der Waals surface area contributed by atoms with Crippen LogP contribution in [0.5, 0.6) is 0 Å². The van der Waals surface area contributed by atoms with Crippen molar-refractivity contribution in [1.82, 2.24) is 5.32 Å². The first-order chi connectivity index (χ1) is 9.25. The summed E-state index contributed by atoms with van der Waals surface area (Å²) in [5.74, 6) is 0.0830. The molecule has 2 nitrogen and oxygen atoms in total. The van der Waals surface area contributed by atoms with Gasteiger partial charge in [-0.1, -0.05) is 64.5 Å². The van der Waals surface area contributed by atoms with Crippen molar-refractivity contribution in [3.05, 3.63) is 70.2 Å². The molecule has 0 unspecified atom stereocenters. The zero-order valence-electron chi connectivity index (χ0n) is 10.6. The molecule has 0 spiro atoms. The van der Waals surface area contributed by atoms with E-state index < -0.39 is 0 Å². The maximum Gasteiger partial charge on any atom is 0.220 e. The Morgan fingerprint density at radius 1 is 1.00 bits per heavy atom. The highest BCUT2D eigenvalue weighted by molar-refractivity contribution is 9.10. The number of amides is 1. The summed E-state index contributed by atoms with van der Waals surface area (Å²) in [4.78, 5) is 11.8. The molecule has 1 N–H and O–H groups in total. The number of rotatable bonds is 5. The molecule has 0 fully saturated rings. The van der Waals surface area contributed by atoms with E-state index in [1.54, 1.807) is 0 Å². The summed E-state index contributed by atoms with van der Waals surface area (Å²) in [6, 6.07) is 18.0. The van der Waals surface area contributed by atoms with Crippen molar-refractivity contribution < 1.29 is 4.79 Å². The lowest BCUT2D eigenvalue weighted by molar-refractivity contribution is -0.121. The molecule has 0 bridgehead atoms. The van der Waals surface area contributed by atoms with Gasteiger partial charge >= 0.3 is 0 Å². The predicted molar refractivity (Wildman–Crippen MR) is 80.8 cm³/mol.